The fraction of sp³-hybridized carbons (Fsp3) is 0.143. The molecular formula is C14H13FN2O. The lowest BCUT2D eigenvalue weighted by atomic mass is 9.94. The van der Waals surface area contributed by atoms with Crippen LogP contribution in [0.25, 0.3) is 0 Å². The third-order valence-electron chi connectivity index (χ3n) is 2.88. The Morgan fingerprint density at radius 2 is 1.94 bits per heavy atom. The van der Waals surface area contributed by atoms with Crippen molar-refractivity contribution in [2.75, 3.05) is 0 Å². The van der Waals surface area contributed by atoms with E-state index in [-0.39, 0.29) is 11.7 Å². The van der Waals surface area contributed by atoms with Gasteiger partial charge in [-0.3, -0.25) is 9.78 Å². The van der Waals surface area contributed by atoms with Crippen molar-refractivity contribution in [3.8, 4) is 0 Å². The molecule has 1 amide bonds. The number of pyridine rings is 1. The second kappa shape index (κ2) is 4.96. The fourth-order valence-electron chi connectivity index (χ4n) is 1.88. The van der Waals surface area contributed by atoms with Gasteiger partial charge in [0.2, 0.25) is 0 Å². The van der Waals surface area contributed by atoms with Crippen molar-refractivity contribution < 1.29 is 9.18 Å². The SMILES string of the molecule is CC(c1ccc(F)cc1)c1ncccc1C(N)=O. The standard InChI is InChI=1S/C14H13FN2O/c1-9(10-4-6-11(15)7-5-10)13-12(14(16)18)3-2-8-17-13/h2-9H,1H3,(H2,16,18). The van der Waals surface area contributed by atoms with E-state index in [1.54, 1.807) is 30.5 Å². The summed E-state index contributed by atoms with van der Waals surface area (Å²) < 4.78 is 12.9. The first kappa shape index (κ1) is 12.2. The minimum Gasteiger partial charge on any atom is -0.366 e. The number of primary amides is 1. The number of rotatable bonds is 3. The fourth-order valence-corrected chi connectivity index (χ4v) is 1.88. The van der Waals surface area contributed by atoms with Crippen molar-refractivity contribution in [1.29, 1.82) is 0 Å². The van der Waals surface area contributed by atoms with Crippen molar-refractivity contribution in [2.24, 2.45) is 5.73 Å². The predicted molar refractivity (Wildman–Crippen MR) is 66.7 cm³/mol. The van der Waals surface area contributed by atoms with Gasteiger partial charge in [0.15, 0.2) is 0 Å². The van der Waals surface area contributed by atoms with E-state index in [0.29, 0.717) is 11.3 Å². The summed E-state index contributed by atoms with van der Waals surface area (Å²) in [6, 6.07) is 9.45. The zero-order valence-electron chi connectivity index (χ0n) is 9.93. The van der Waals surface area contributed by atoms with Crippen molar-refractivity contribution in [3.05, 3.63) is 65.2 Å². The maximum Gasteiger partial charge on any atom is 0.250 e. The Morgan fingerprint density at radius 1 is 1.28 bits per heavy atom. The van der Waals surface area contributed by atoms with Gasteiger partial charge in [0.05, 0.1) is 11.3 Å². The summed E-state index contributed by atoms with van der Waals surface area (Å²) in [4.78, 5) is 15.5. The van der Waals surface area contributed by atoms with Crippen LogP contribution in [-0.2, 0) is 0 Å². The van der Waals surface area contributed by atoms with Gasteiger partial charge in [-0.15, -0.1) is 0 Å². The van der Waals surface area contributed by atoms with E-state index in [1.807, 2.05) is 6.92 Å². The normalized spacial score (nSPS) is 12.1. The lowest BCUT2D eigenvalue weighted by Crippen LogP contribution is -2.16. The first-order valence-corrected chi connectivity index (χ1v) is 5.59. The number of hydrogen-bond acceptors (Lipinski definition) is 2. The number of amides is 1. The van der Waals surface area contributed by atoms with E-state index in [1.165, 1.54) is 12.1 Å². The number of benzene rings is 1. The Labute approximate surface area is 104 Å². The number of nitrogens with zero attached hydrogens (tertiary/aromatic N) is 1. The molecule has 2 aromatic rings. The molecule has 0 bridgehead atoms. The second-order valence-electron chi connectivity index (χ2n) is 4.07. The Balaban J connectivity index is 2.42. The Bertz CT molecular complexity index is 566. The predicted octanol–water partition coefficient (Wildman–Crippen LogP) is 2.47. The second-order valence-corrected chi connectivity index (χ2v) is 4.07. The topological polar surface area (TPSA) is 56.0 Å². The molecular weight excluding hydrogens is 231 g/mol. The maximum atomic E-state index is 12.9. The lowest BCUT2D eigenvalue weighted by Gasteiger charge is -2.14. The van der Waals surface area contributed by atoms with Gasteiger partial charge in [-0.25, -0.2) is 4.39 Å². The maximum absolute atomic E-state index is 12.9. The van der Waals surface area contributed by atoms with Crippen molar-refractivity contribution in [1.82, 2.24) is 4.98 Å². The molecule has 92 valence electrons. The summed E-state index contributed by atoms with van der Waals surface area (Å²) in [5.74, 6) is -0.913. The third-order valence-corrected chi connectivity index (χ3v) is 2.88. The van der Waals surface area contributed by atoms with Crippen molar-refractivity contribution in [3.63, 3.8) is 0 Å². The molecule has 0 aliphatic heterocycles. The van der Waals surface area contributed by atoms with E-state index in [9.17, 15) is 9.18 Å². The van der Waals surface area contributed by atoms with Crippen molar-refractivity contribution in [2.45, 2.75) is 12.8 Å². The molecule has 2 rings (SSSR count). The Kier molecular flexibility index (Phi) is 3.37. The van der Waals surface area contributed by atoms with Crippen LogP contribution in [0.4, 0.5) is 4.39 Å². The molecule has 1 heterocycles. The number of halogens is 1. The van der Waals surface area contributed by atoms with E-state index < -0.39 is 5.91 Å². The molecule has 18 heavy (non-hydrogen) atoms. The van der Waals surface area contributed by atoms with Crippen LogP contribution in [-0.4, -0.2) is 10.9 Å². The molecule has 2 N–H and O–H groups in total. The highest BCUT2D eigenvalue weighted by Gasteiger charge is 2.16. The molecule has 0 aliphatic carbocycles. The lowest BCUT2D eigenvalue weighted by molar-refractivity contribution is 0.0998. The molecule has 0 aliphatic rings. The van der Waals surface area contributed by atoms with E-state index in [4.69, 9.17) is 5.73 Å². The zero-order chi connectivity index (χ0) is 13.1. The van der Waals surface area contributed by atoms with Crippen LogP contribution in [0.15, 0.2) is 42.6 Å². The summed E-state index contributed by atoms with van der Waals surface area (Å²) in [7, 11) is 0. The molecule has 0 radical (unpaired) electrons. The molecule has 0 spiro atoms. The number of nitrogens with two attached hydrogens (primary N) is 1. The van der Waals surface area contributed by atoms with Gasteiger partial charge < -0.3 is 5.73 Å². The number of carbonyl (C=O) groups is 1. The average molecular weight is 244 g/mol. The summed E-state index contributed by atoms with van der Waals surface area (Å²) in [5, 5.41) is 0. The molecule has 1 aromatic heterocycles. The molecule has 1 atom stereocenters. The molecule has 1 aromatic carbocycles. The van der Waals surface area contributed by atoms with Gasteiger partial charge in [0, 0.05) is 12.1 Å². The molecule has 0 saturated carbocycles. The Morgan fingerprint density at radius 3 is 2.56 bits per heavy atom. The zero-order valence-corrected chi connectivity index (χ0v) is 9.93. The van der Waals surface area contributed by atoms with Gasteiger partial charge in [-0.1, -0.05) is 19.1 Å². The first-order valence-electron chi connectivity index (χ1n) is 5.59. The summed E-state index contributed by atoms with van der Waals surface area (Å²) in [6.07, 6.45) is 1.61. The van der Waals surface area contributed by atoms with Crippen LogP contribution in [0.1, 0.15) is 34.5 Å². The molecule has 4 heteroatoms. The van der Waals surface area contributed by atoms with Crippen LogP contribution < -0.4 is 5.73 Å². The number of carbonyl (C=O) groups excluding carboxylic acids is 1. The van der Waals surface area contributed by atoms with Gasteiger partial charge in [-0.05, 0) is 29.8 Å². The van der Waals surface area contributed by atoms with Gasteiger partial charge >= 0.3 is 0 Å². The highest BCUT2D eigenvalue weighted by Crippen LogP contribution is 2.25. The van der Waals surface area contributed by atoms with Crippen LogP contribution in [0, 0.1) is 5.82 Å². The summed E-state index contributed by atoms with van der Waals surface area (Å²) in [5.41, 5.74) is 7.21. The third kappa shape index (κ3) is 2.37. The summed E-state index contributed by atoms with van der Waals surface area (Å²) in [6.45, 7) is 1.90. The number of hydrogen-bond donors (Lipinski definition) is 1. The highest BCUT2D eigenvalue weighted by molar-refractivity contribution is 5.94. The molecule has 0 saturated heterocycles. The average Bonchev–Trinajstić information content (AvgIpc) is 2.39. The van der Waals surface area contributed by atoms with Crippen LogP contribution in [0.3, 0.4) is 0 Å². The van der Waals surface area contributed by atoms with Crippen molar-refractivity contribution >= 4 is 5.91 Å². The largest absolute Gasteiger partial charge is 0.366 e. The highest BCUT2D eigenvalue weighted by atomic mass is 19.1. The first-order chi connectivity index (χ1) is 8.59. The molecule has 3 nitrogen and oxygen atoms in total. The number of aromatic nitrogens is 1. The Hall–Kier alpha value is -2.23. The quantitative estimate of drug-likeness (QED) is 0.901. The van der Waals surface area contributed by atoms with Crippen LogP contribution in [0.2, 0.25) is 0 Å². The monoisotopic (exact) mass is 244 g/mol. The van der Waals surface area contributed by atoms with Gasteiger partial charge in [-0.2, -0.15) is 0 Å². The van der Waals surface area contributed by atoms with Gasteiger partial charge in [0.1, 0.15) is 5.82 Å². The minimum absolute atomic E-state index is 0.116. The molecule has 1 unspecified atom stereocenters. The van der Waals surface area contributed by atoms with E-state index in [2.05, 4.69) is 4.98 Å². The summed E-state index contributed by atoms with van der Waals surface area (Å²) >= 11 is 0. The smallest absolute Gasteiger partial charge is 0.250 e. The van der Waals surface area contributed by atoms with Crippen LogP contribution >= 0.6 is 0 Å². The molecule has 0 fully saturated rings. The van der Waals surface area contributed by atoms with E-state index >= 15 is 0 Å². The van der Waals surface area contributed by atoms with E-state index in [0.717, 1.165) is 5.56 Å². The van der Waals surface area contributed by atoms with Crippen LogP contribution in [0.5, 0.6) is 0 Å². The minimum atomic E-state index is -0.507. The van der Waals surface area contributed by atoms with Gasteiger partial charge in [0.25, 0.3) is 5.91 Å².